The highest BCUT2D eigenvalue weighted by molar-refractivity contribution is 5.89. The summed E-state index contributed by atoms with van der Waals surface area (Å²) in [7, 11) is 0. The summed E-state index contributed by atoms with van der Waals surface area (Å²) < 4.78 is 5.19. The van der Waals surface area contributed by atoms with Crippen LogP contribution in [0.4, 0.5) is 4.79 Å². The van der Waals surface area contributed by atoms with Gasteiger partial charge in [0.2, 0.25) is 11.8 Å². The van der Waals surface area contributed by atoms with E-state index < -0.39 is 17.7 Å². The predicted octanol–water partition coefficient (Wildman–Crippen LogP) is 1.32. The largest absolute Gasteiger partial charge is 0.444 e. The van der Waals surface area contributed by atoms with Gasteiger partial charge in [0.15, 0.2) is 0 Å². The highest BCUT2D eigenvalue weighted by Crippen LogP contribution is 2.18. The normalized spacial score (nSPS) is 16.9. The zero-order valence-corrected chi connectivity index (χ0v) is 14.7. The summed E-state index contributed by atoms with van der Waals surface area (Å²) in [6, 6.07) is -0.478. The first-order valence-corrected chi connectivity index (χ1v) is 8.19. The number of nitrogens with one attached hydrogen (secondary N) is 3. The molecule has 0 spiro atoms. The number of rotatable bonds is 7. The van der Waals surface area contributed by atoms with Crippen molar-refractivity contribution in [3.05, 3.63) is 0 Å². The van der Waals surface area contributed by atoms with E-state index in [-0.39, 0.29) is 30.3 Å². The molecule has 0 aromatic heterocycles. The van der Waals surface area contributed by atoms with Crippen molar-refractivity contribution in [2.75, 3.05) is 6.54 Å². The summed E-state index contributed by atoms with van der Waals surface area (Å²) in [6.45, 7) is 8.99. The SMILES string of the molecule is CCC(C)C(NC(=O)OC(C)(C)C)C(=O)NCC(=O)NC1CC1. The molecule has 2 unspecified atom stereocenters. The molecule has 7 nitrogen and oxygen atoms in total. The standard InChI is InChI=1S/C16H29N3O4/c1-6-10(2)13(19-15(22)23-16(3,4)5)14(21)17-9-12(20)18-11-7-8-11/h10-11,13H,6-9H2,1-5H3,(H,17,21)(H,18,20)(H,19,22). The van der Waals surface area contributed by atoms with Crippen LogP contribution in [-0.2, 0) is 14.3 Å². The van der Waals surface area contributed by atoms with Crippen molar-refractivity contribution in [2.24, 2.45) is 5.92 Å². The van der Waals surface area contributed by atoms with Crippen molar-refractivity contribution < 1.29 is 19.1 Å². The van der Waals surface area contributed by atoms with Crippen LogP contribution in [0.25, 0.3) is 0 Å². The fourth-order valence-corrected chi connectivity index (χ4v) is 1.92. The van der Waals surface area contributed by atoms with Gasteiger partial charge in [-0.15, -0.1) is 0 Å². The van der Waals surface area contributed by atoms with E-state index in [1.807, 2.05) is 13.8 Å². The van der Waals surface area contributed by atoms with Gasteiger partial charge in [-0.3, -0.25) is 9.59 Å². The quantitative estimate of drug-likeness (QED) is 0.657. The van der Waals surface area contributed by atoms with Gasteiger partial charge in [0, 0.05) is 6.04 Å². The topological polar surface area (TPSA) is 96.5 Å². The number of ether oxygens (including phenoxy) is 1. The Morgan fingerprint density at radius 2 is 1.83 bits per heavy atom. The fraction of sp³-hybridized carbons (Fsp3) is 0.812. The van der Waals surface area contributed by atoms with Gasteiger partial charge in [0.25, 0.3) is 0 Å². The van der Waals surface area contributed by atoms with Crippen molar-refractivity contribution in [3.63, 3.8) is 0 Å². The Kier molecular flexibility index (Phi) is 6.84. The molecular weight excluding hydrogens is 298 g/mol. The van der Waals surface area contributed by atoms with Gasteiger partial charge in [-0.25, -0.2) is 4.79 Å². The van der Waals surface area contributed by atoms with Crippen LogP contribution in [0.5, 0.6) is 0 Å². The van der Waals surface area contributed by atoms with Crippen molar-refractivity contribution >= 4 is 17.9 Å². The first kappa shape index (κ1) is 19.3. The Labute approximate surface area is 137 Å². The molecule has 1 aliphatic carbocycles. The molecule has 3 amide bonds. The second-order valence-corrected chi connectivity index (χ2v) is 7.07. The lowest BCUT2D eigenvalue weighted by Crippen LogP contribution is -2.52. The minimum atomic E-state index is -0.733. The van der Waals surface area contributed by atoms with Crippen molar-refractivity contribution in [1.82, 2.24) is 16.0 Å². The molecule has 1 fully saturated rings. The Bertz CT molecular complexity index is 441. The van der Waals surface area contributed by atoms with Crippen LogP contribution in [0.3, 0.4) is 0 Å². The average molecular weight is 327 g/mol. The first-order chi connectivity index (χ1) is 10.6. The summed E-state index contributed by atoms with van der Waals surface area (Å²) in [5, 5.41) is 7.97. The van der Waals surface area contributed by atoms with Crippen LogP contribution in [0.1, 0.15) is 53.9 Å². The maximum Gasteiger partial charge on any atom is 0.408 e. The number of amides is 3. The fourth-order valence-electron chi connectivity index (χ4n) is 1.92. The van der Waals surface area contributed by atoms with Gasteiger partial charge >= 0.3 is 6.09 Å². The molecule has 0 aromatic rings. The van der Waals surface area contributed by atoms with Crippen LogP contribution < -0.4 is 16.0 Å². The second kappa shape index (κ2) is 8.17. The van der Waals surface area contributed by atoms with E-state index in [0.717, 1.165) is 12.8 Å². The third-order valence-corrected chi connectivity index (χ3v) is 3.53. The van der Waals surface area contributed by atoms with Gasteiger partial charge in [-0.2, -0.15) is 0 Å². The molecule has 1 rings (SSSR count). The molecule has 1 saturated carbocycles. The molecule has 0 heterocycles. The molecule has 2 atom stereocenters. The number of carbonyl (C=O) groups excluding carboxylic acids is 3. The Morgan fingerprint density at radius 1 is 1.22 bits per heavy atom. The molecule has 132 valence electrons. The zero-order valence-electron chi connectivity index (χ0n) is 14.7. The zero-order chi connectivity index (χ0) is 17.6. The Hall–Kier alpha value is -1.79. The van der Waals surface area contributed by atoms with Gasteiger partial charge in [0.1, 0.15) is 11.6 Å². The summed E-state index contributed by atoms with van der Waals surface area (Å²) in [5.41, 5.74) is -0.634. The maximum atomic E-state index is 12.3. The molecule has 0 saturated heterocycles. The Morgan fingerprint density at radius 3 is 2.30 bits per heavy atom. The molecule has 0 radical (unpaired) electrons. The molecule has 23 heavy (non-hydrogen) atoms. The minimum absolute atomic E-state index is 0.0750. The summed E-state index contributed by atoms with van der Waals surface area (Å²) in [5.74, 6) is -0.661. The van der Waals surface area contributed by atoms with Crippen LogP contribution in [0.15, 0.2) is 0 Å². The molecule has 0 aromatic carbocycles. The third-order valence-electron chi connectivity index (χ3n) is 3.53. The summed E-state index contributed by atoms with van der Waals surface area (Å²) in [6.07, 6.45) is 2.06. The number of hydrogen-bond donors (Lipinski definition) is 3. The van der Waals surface area contributed by atoms with E-state index in [9.17, 15) is 14.4 Å². The number of carbonyl (C=O) groups is 3. The van der Waals surface area contributed by atoms with Crippen LogP contribution in [-0.4, -0.2) is 42.1 Å². The van der Waals surface area contributed by atoms with Crippen LogP contribution in [0.2, 0.25) is 0 Å². The summed E-state index contributed by atoms with van der Waals surface area (Å²) in [4.78, 5) is 35.8. The lowest BCUT2D eigenvalue weighted by Gasteiger charge is -2.26. The molecule has 0 aliphatic heterocycles. The maximum absolute atomic E-state index is 12.3. The Balaban J connectivity index is 2.52. The second-order valence-electron chi connectivity index (χ2n) is 7.07. The minimum Gasteiger partial charge on any atom is -0.444 e. The van der Waals surface area contributed by atoms with E-state index >= 15 is 0 Å². The van der Waals surface area contributed by atoms with Gasteiger partial charge < -0.3 is 20.7 Å². The predicted molar refractivity (Wildman–Crippen MR) is 86.8 cm³/mol. The number of alkyl carbamates (subject to hydrolysis) is 1. The van der Waals surface area contributed by atoms with Crippen molar-refractivity contribution in [1.29, 1.82) is 0 Å². The van der Waals surface area contributed by atoms with Crippen molar-refractivity contribution in [3.8, 4) is 0 Å². The monoisotopic (exact) mass is 327 g/mol. The van der Waals surface area contributed by atoms with E-state index in [1.165, 1.54) is 0 Å². The third kappa shape index (κ3) is 7.85. The average Bonchev–Trinajstić information content (AvgIpc) is 3.23. The van der Waals surface area contributed by atoms with Crippen LogP contribution >= 0.6 is 0 Å². The van der Waals surface area contributed by atoms with E-state index in [4.69, 9.17) is 4.74 Å². The van der Waals surface area contributed by atoms with Gasteiger partial charge in [-0.1, -0.05) is 20.3 Å². The first-order valence-electron chi connectivity index (χ1n) is 8.19. The van der Waals surface area contributed by atoms with Crippen molar-refractivity contribution in [2.45, 2.75) is 71.6 Å². The molecule has 7 heteroatoms. The lowest BCUT2D eigenvalue weighted by molar-refractivity contribution is -0.128. The number of hydrogen-bond acceptors (Lipinski definition) is 4. The highest BCUT2D eigenvalue weighted by Gasteiger charge is 2.29. The summed E-state index contributed by atoms with van der Waals surface area (Å²) >= 11 is 0. The van der Waals surface area contributed by atoms with Gasteiger partial charge in [0.05, 0.1) is 6.54 Å². The smallest absolute Gasteiger partial charge is 0.408 e. The molecular formula is C16H29N3O4. The molecule has 3 N–H and O–H groups in total. The van der Waals surface area contributed by atoms with Gasteiger partial charge in [-0.05, 0) is 39.5 Å². The van der Waals surface area contributed by atoms with E-state index in [2.05, 4.69) is 16.0 Å². The van der Waals surface area contributed by atoms with E-state index in [0.29, 0.717) is 6.42 Å². The molecule has 0 bridgehead atoms. The highest BCUT2D eigenvalue weighted by atomic mass is 16.6. The van der Waals surface area contributed by atoms with E-state index in [1.54, 1.807) is 20.8 Å². The molecule has 1 aliphatic rings. The lowest BCUT2D eigenvalue weighted by atomic mass is 9.98. The van der Waals surface area contributed by atoms with Crippen LogP contribution in [0, 0.1) is 5.92 Å².